The normalized spacial score (nSPS) is 11.1. The summed E-state index contributed by atoms with van der Waals surface area (Å²) in [5.41, 5.74) is 2.56. The first kappa shape index (κ1) is 21.5. The molecule has 2 aromatic rings. The van der Waals surface area contributed by atoms with Crippen molar-refractivity contribution in [3.05, 3.63) is 59.4 Å². The Balaban J connectivity index is 2.09. The molecule has 1 heterocycles. The molecule has 0 spiro atoms. The van der Waals surface area contributed by atoms with Crippen molar-refractivity contribution in [3.63, 3.8) is 0 Å². The molecular formula is C22H30N2O4. The average molecular weight is 386 g/mol. The minimum Gasteiger partial charge on any atom is -0.466 e. The van der Waals surface area contributed by atoms with E-state index >= 15 is 0 Å². The molecular weight excluding hydrogens is 356 g/mol. The maximum Gasteiger partial charge on any atom is 0.407 e. The number of esters is 1. The molecule has 6 nitrogen and oxygen atoms in total. The van der Waals surface area contributed by atoms with Gasteiger partial charge in [0.15, 0.2) is 0 Å². The van der Waals surface area contributed by atoms with Gasteiger partial charge in [-0.25, -0.2) is 4.79 Å². The fraction of sp³-hybridized carbons (Fsp3) is 0.455. The summed E-state index contributed by atoms with van der Waals surface area (Å²) in [5.74, 6) is -0.249. The van der Waals surface area contributed by atoms with Gasteiger partial charge in [-0.3, -0.25) is 4.79 Å². The summed E-state index contributed by atoms with van der Waals surface area (Å²) in [4.78, 5) is 23.8. The molecule has 0 radical (unpaired) electrons. The number of carbonyl (C=O) groups is 2. The van der Waals surface area contributed by atoms with Crippen LogP contribution in [0.4, 0.5) is 4.79 Å². The maximum absolute atomic E-state index is 11.9. The number of carbonyl (C=O) groups excluding carboxylic acids is 2. The molecule has 0 fully saturated rings. The number of nitrogens with one attached hydrogen (secondary N) is 1. The summed E-state index contributed by atoms with van der Waals surface area (Å²) in [5, 5.41) is 2.78. The van der Waals surface area contributed by atoms with Crippen LogP contribution in [0.5, 0.6) is 0 Å². The van der Waals surface area contributed by atoms with Crippen LogP contribution in [0.25, 0.3) is 0 Å². The van der Waals surface area contributed by atoms with Crippen molar-refractivity contribution in [1.29, 1.82) is 0 Å². The minimum atomic E-state index is -0.535. The van der Waals surface area contributed by atoms with Crippen LogP contribution in [-0.4, -0.2) is 35.4 Å². The zero-order valence-electron chi connectivity index (χ0n) is 17.2. The van der Waals surface area contributed by atoms with Crippen LogP contribution in [0.3, 0.4) is 0 Å². The van der Waals surface area contributed by atoms with Gasteiger partial charge in [-0.15, -0.1) is 0 Å². The number of ether oxygens (including phenoxy) is 2. The fourth-order valence-electron chi connectivity index (χ4n) is 2.91. The van der Waals surface area contributed by atoms with Gasteiger partial charge in [0.2, 0.25) is 0 Å². The Labute approximate surface area is 166 Å². The summed E-state index contributed by atoms with van der Waals surface area (Å²) in [7, 11) is 0. The smallest absolute Gasteiger partial charge is 0.407 e. The van der Waals surface area contributed by atoms with E-state index in [1.54, 1.807) is 6.92 Å². The molecule has 6 heteroatoms. The molecule has 0 bridgehead atoms. The molecule has 1 N–H and O–H groups in total. The van der Waals surface area contributed by atoms with Crippen LogP contribution in [-0.2, 0) is 33.7 Å². The summed E-state index contributed by atoms with van der Waals surface area (Å²) in [6, 6.07) is 12.1. The number of hydrogen-bond donors (Lipinski definition) is 1. The van der Waals surface area contributed by atoms with E-state index in [4.69, 9.17) is 9.47 Å². The van der Waals surface area contributed by atoms with Crippen molar-refractivity contribution in [2.24, 2.45) is 0 Å². The second kappa shape index (κ2) is 9.97. The summed E-state index contributed by atoms with van der Waals surface area (Å²) in [6.07, 6.45) is 2.34. The third-order valence-electron chi connectivity index (χ3n) is 4.04. The predicted molar refractivity (Wildman–Crippen MR) is 108 cm³/mol. The predicted octanol–water partition coefficient (Wildman–Crippen LogP) is 3.71. The van der Waals surface area contributed by atoms with Gasteiger partial charge in [-0.1, -0.05) is 30.3 Å². The van der Waals surface area contributed by atoms with E-state index in [9.17, 15) is 9.59 Å². The highest BCUT2D eigenvalue weighted by Crippen LogP contribution is 2.16. The van der Waals surface area contributed by atoms with Crippen molar-refractivity contribution in [3.8, 4) is 0 Å². The minimum absolute atomic E-state index is 0.220. The average Bonchev–Trinajstić information content (AvgIpc) is 2.96. The number of amides is 1. The number of aromatic nitrogens is 1. The van der Waals surface area contributed by atoms with E-state index in [1.807, 2.05) is 51.2 Å². The molecule has 152 valence electrons. The topological polar surface area (TPSA) is 69.6 Å². The van der Waals surface area contributed by atoms with E-state index in [1.165, 1.54) is 5.56 Å². The molecule has 1 aromatic carbocycles. The lowest BCUT2D eigenvalue weighted by atomic mass is 10.1. The Kier molecular flexibility index (Phi) is 7.67. The van der Waals surface area contributed by atoms with Gasteiger partial charge in [0.05, 0.1) is 13.0 Å². The number of hydrogen-bond acceptors (Lipinski definition) is 4. The van der Waals surface area contributed by atoms with Gasteiger partial charge in [0, 0.05) is 31.4 Å². The molecule has 28 heavy (non-hydrogen) atoms. The Morgan fingerprint density at radius 3 is 2.46 bits per heavy atom. The third-order valence-corrected chi connectivity index (χ3v) is 4.04. The highest BCUT2D eigenvalue weighted by molar-refractivity contribution is 5.73. The third kappa shape index (κ3) is 7.10. The molecule has 1 amide bonds. The molecule has 0 saturated heterocycles. The van der Waals surface area contributed by atoms with Gasteiger partial charge in [-0.2, -0.15) is 0 Å². The van der Waals surface area contributed by atoms with Gasteiger partial charge in [0.25, 0.3) is 0 Å². The highest BCUT2D eigenvalue weighted by atomic mass is 16.6. The van der Waals surface area contributed by atoms with Gasteiger partial charge < -0.3 is 19.4 Å². The Hall–Kier alpha value is -2.76. The van der Waals surface area contributed by atoms with E-state index in [2.05, 4.69) is 22.0 Å². The van der Waals surface area contributed by atoms with E-state index in [0.29, 0.717) is 26.1 Å². The van der Waals surface area contributed by atoms with E-state index < -0.39 is 11.7 Å². The summed E-state index contributed by atoms with van der Waals surface area (Å²) < 4.78 is 12.5. The molecule has 0 aliphatic heterocycles. The zero-order chi connectivity index (χ0) is 20.6. The number of alkyl carbamates (subject to hydrolysis) is 1. The Morgan fingerprint density at radius 1 is 1.11 bits per heavy atom. The van der Waals surface area contributed by atoms with Gasteiger partial charge in [0.1, 0.15) is 5.60 Å². The van der Waals surface area contributed by atoms with Crippen LogP contribution < -0.4 is 5.32 Å². The molecule has 1 aromatic heterocycles. The number of benzene rings is 1. The first-order valence-corrected chi connectivity index (χ1v) is 9.61. The van der Waals surface area contributed by atoms with Crippen LogP contribution >= 0.6 is 0 Å². The van der Waals surface area contributed by atoms with E-state index in [0.717, 1.165) is 11.3 Å². The van der Waals surface area contributed by atoms with Crippen molar-refractivity contribution >= 4 is 12.1 Å². The molecule has 0 atom stereocenters. The highest BCUT2D eigenvalue weighted by Gasteiger charge is 2.17. The van der Waals surface area contributed by atoms with Crippen molar-refractivity contribution in [2.75, 3.05) is 13.2 Å². The number of rotatable bonds is 8. The van der Waals surface area contributed by atoms with Crippen molar-refractivity contribution in [1.82, 2.24) is 9.88 Å². The summed E-state index contributed by atoms with van der Waals surface area (Å²) >= 11 is 0. The van der Waals surface area contributed by atoms with Gasteiger partial charge in [-0.05, 0) is 44.9 Å². The van der Waals surface area contributed by atoms with Crippen LogP contribution in [0.15, 0.2) is 42.6 Å². The van der Waals surface area contributed by atoms with Gasteiger partial charge >= 0.3 is 12.1 Å². The maximum atomic E-state index is 11.9. The molecule has 0 unspecified atom stereocenters. The zero-order valence-corrected chi connectivity index (χ0v) is 17.2. The first-order valence-electron chi connectivity index (χ1n) is 9.61. The lowest BCUT2D eigenvalue weighted by Crippen LogP contribution is -2.33. The molecule has 0 saturated carbocycles. The first-order chi connectivity index (χ1) is 13.3. The second-order valence-corrected chi connectivity index (χ2v) is 7.56. The monoisotopic (exact) mass is 386 g/mol. The lowest BCUT2D eigenvalue weighted by Gasteiger charge is -2.20. The second-order valence-electron chi connectivity index (χ2n) is 7.56. The standard InChI is InChI=1S/C22H30N2O4/c1-5-27-20(25)15-18-12-14-24(16-17-9-7-6-8-10-17)19(18)11-13-23-21(26)28-22(2,3)4/h6-10,12,14H,5,11,13,15-16H2,1-4H3,(H,23,26). The van der Waals surface area contributed by atoms with Crippen LogP contribution in [0.2, 0.25) is 0 Å². The largest absolute Gasteiger partial charge is 0.466 e. The van der Waals surface area contributed by atoms with E-state index in [-0.39, 0.29) is 12.4 Å². The molecule has 2 rings (SSSR count). The van der Waals surface area contributed by atoms with Crippen molar-refractivity contribution < 1.29 is 19.1 Å². The lowest BCUT2D eigenvalue weighted by molar-refractivity contribution is -0.142. The quantitative estimate of drug-likeness (QED) is 0.702. The Morgan fingerprint density at radius 2 is 1.82 bits per heavy atom. The SMILES string of the molecule is CCOC(=O)Cc1ccn(Cc2ccccc2)c1CCNC(=O)OC(C)(C)C. The number of nitrogens with zero attached hydrogens (tertiary/aromatic N) is 1. The molecule has 0 aliphatic rings. The van der Waals surface area contributed by atoms with Crippen LogP contribution in [0.1, 0.15) is 44.5 Å². The summed E-state index contributed by atoms with van der Waals surface area (Å²) in [6.45, 7) is 8.76. The Bertz CT molecular complexity index is 776. The fourth-order valence-corrected chi connectivity index (χ4v) is 2.91. The van der Waals surface area contributed by atoms with Crippen molar-refractivity contribution in [2.45, 2.75) is 52.7 Å². The molecule has 0 aliphatic carbocycles. The van der Waals surface area contributed by atoms with Crippen LogP contribution in [0, 0.1) is 0 Å².